The lowest BCUT2D eigenvalue weighted by Gasteiger charge is -2.14. The predicted molar refractivity (Wildman–Crippen MR) is 77.8 cm³/mol. The van der Waals surface area contributed by atoms with Crippen molar-refractivity contribution in [2.45, 2.75) is 19.4 Å². The normalized spacial score (nSPS) is 13.4. The van der Waals surface area contributed by atoms with Gasteiger partial charge in [-0.3, -0.25) is 4.79 Å². The second-order valence-corrected chi connectivity index (χ2v) is 5.02. The number of carbonyl (C=O) groups excluding carboxylic acids is 1. The number of fused-ring (bicyclic) bond motifs is 1. The number of imidazole rings is 1. The van der Waals surface area contributed by atoms with Crippen LogP contribution in [-0.2, 0) is 13.0 Å². The zero-order valence-electron chi connectivity index (χ0n) is 11.6. The van der Waals surface area contributed by atoms with Crippen molar-refractivity contribution in [2.24, 2.45) is 0 Å². The summed E-state index contributed by atoms with van der Waals surface area (Å²) in [6.07, 6.45) is 3.24. The highest BCUT2D eigenvalue weighted by molar-refractivity contribution is 5.92. The highest BCUT2D eigenvalue weighted by Gasteiger charge is 2.16. The average Bonchev–Trinajstić information content (AvgIpc) is 2.93. The first-order chi connectivity index (χ1) is 10.2. The Hall–Kier alpha value is -2.37. The van der Waals surface area contributed by atoms with Gasteiger partial charge in [0.1, 0.15) is 11.5 Å². The predicted octanol–water partition coefficient (Wildman–Crippen LogP) is 1.81. The molecule has 1 amide bonds. The van der Waals surface area contributed by atoms with Gasteiger partial charge < -0.3 is 15.2 Å². The van der Waals surface area contributed by atoms with Crippen LogP contribution in [0, 0.1) is 5.82 Å². The minimum atomic E-state index is -0.242. The molecule has 2 heterocycles. The molecule has 5 nitrogen and oxygen atoms in total. The molecule has 0 saturated heterocycles. The molecular weight excluding hydrogens is 271 g/mol. The molecule has 0 saturated carbocycles. The fourth-order valence-corrected chi connectivity index (χ4v) is 2.39. The van der Waals surface area contributed by atoms with E-state index in [1.807, 2.05) is 4.57 Å². The molecule has 0 atom stereocenters. The number of halogens is 1. The largest absolute Gasteiger partial charge is 0.356 e. The summed E-state index contributed by atoms with van der Waals surface area (Å²) in [7, 11) is 0. The van der Waals surface area contributed by atoms with Crippen molar-refractivity contribution in [1.82, 2.24) is 14.9 Å². The van der Waals surface area contributed by atoms with E-state index >= 15 is 0 Å². The number of rotatable bonds is 4. The lowest BCUT2D eigenvalue weighted by Crippen LogP contribution is -2.26. The molecule has 1 aromatic heterocycles. The minimum absolute atomic E-state index is 0.227. The summed E-state index contributed by atoms with van der Waals surface area (Å²) in [5, 5.41) is 5.92. The van der Waals surface area contributed by atoms with E-state index in [-0.39, 0.29) is 11.7 Å². The van der Waals surface area contributed by atoms with E-state index in [1.54, 1.807) is 24.4 Å². The first kappa shape index (κ1) is 13.6. The molecule has 2 N–H and O–H groups in total. The summed E-state index contributed by atoms with van der Waals surface area (Å²) in [5.41, 5.74) is 0.997. The number of hydrogen-bond donors (Lipinski definition) is 2. The number of aryl methyl sites for hydroxylation is 1. The Morgan fingerprint density at radius 2 is 2.29 bits per heavy atom. The van der Waals surface area contributed by atoms with Crippen LogP contribution >= 0.6 is 0 Å². The Kier molecular flexibility index (Phi) is 3.85. The molecule has 1 aliphatic rings. The number of benzene rings is 1. The standard InChI is InChI=1S/C15H17FN4O/c16-12-5-2-1-4-11(12)6-8-17-14(21)13-10-20-9-3-7-18-15(20)19-13/h1-2,4-5,10H,3,6-9H2,(H,17,21)(H,18,19). The van der Waals surface area contributed by atoms with Gasteiger partial charge in [0.05, 0.1) is 0 Å². The molecule has 21 heavy (non-hydrogen) atoms. The first-order valence-corrected chi connectivity index (χ1v) is 7.07. The first-order valence-electron chi connectivity index (χ1n) is 7.07. The van der Waals surface area contributed by atoms with E-state index in [1.165, 1.54) is 6.07 Å². The quantitative estimate of drug-likeness (QED) is 0.902. The maximum atomic E-state index is 13.5. The van der Waals surface area contributed by atoms with Gasteiger partial charge >= 0.3 is 0 Å². The van der Waals surface area contributed by atoms with E-state index < -0.39 is 0 Å². The zero-order valence-corrected chi connectivity index (χ0v) is 11.6. The van der Waals surface area contributed by atoms with E-state index in [4.69, 9.17) is 0 Å². The van der Waals surface area contributed by atoms with Crippen LogP contribution in [0.1, 0.15) is 22.5 Å². The summed E-state index contributed by atoms with van der Waals surface area (Å²) in [5.74, 6) is 0.268. The Labute approximate surface area is 122 Å². The smallest absolute Gasteiger partial charge is 0.271 e. The molecule has 0 fully saturated rings. The van der Waals surface area contributed by atoms with Gasteiger partial charge in [-0.05, 0) is 24.5 Å². The van der Waals surface area contributed by atoms with E-state index in [0.717, 1.165) is 25.5 Å². The van der Waals surface area contributed by atoms with Crippen LogP contribution in [0.25, 0.3) is 0 Å². The second kappa shape index (κ2) is 5.95. The molecule has 0 bridgehead atoms. The fourth-order valence-electron chi connectivity index (χ4n) is 2.39. The molecule has 110 valence electrons. The number of amides is 1. The second-order valence-electron chi connectivity index (χ2n) is 5.02. The van der Waals surface area contributed by atoms with Crippen LogP contribution in [0.2, 0.25) is 0 Å². The van der Waals surface area contributed by atoms with E-state index in [2.05, 4.69) is 15.6 Å². The fraction of sp³-hybridized carbons (Fsp3) is 0.333. The number of nitrogens with one attached hydrogen (secondary N) is 2. The van der Waals surface area contributed by atoms with Crippen LogP contribution in [0.4, 0.5) is 10.3 Å². The van der Waals surface area contributed by atoms with Crippen molar-refractivity contribution in [2.75, 3.05) is 18.4 Å². The third-order valence-corrected chi connectivity index (χ3v) is 3.51. The van der Waals surface area contributed by atoms with Crippen LogP contribution in [0.15, 0.2) is 30.5 Å². The van der Waals surface area contributed by atoms with Crippen molar-refractivity contribution < 1.29 is 9.18 Å². The topological polar surface area (TPSA) is 59.0 Å². The van der Waals surface area contributed by atoms with Gasteiger partial charge in [-0.15, -0.1) is 0 Å². The SMILES string of the molecule is O=C(NCCc1ccccc1F)c1cn2c(n1)NCCC2. The van der Waals surface area contributed by atoms with Crippen molar-refractivity contribution in [3.05, 3.63) is 47.5 Å². The Balaban J connectivity index is 1.57. The van der Waals surface area contributed by atoms with Crippen LogP contribution < -0.4 is 10.6 Å². The highest BCUT2D eigenvalue weighted by atomic mass is 19.1. The number of anilines is 1. The Morgan fingerprint density at radius 1 is 1.43 bits per heavy atom. The molecule has 0 radical (unpaired) electrons. The van der Waals surface area contributed by atoms with Gasteiger partial charge in [-0.25, -0.2) is 9.37 Å². The maximum Gasteiger partial charge on any atom is 0.271 e. The molecule has 3 rings (SSSR count). The van der Waals surface area contributed by atoms with Gasteiger partial charge in [0, 0.05) is 25.8 Å². The van der Waals surface area contributed by atoms with Crippen LogP contribution in [0.3, 0.4) is 0 Å². The molecule has 1 aromatic carbocycles. The Morgan fingerprint density at radius 3 is 3.10 bits per heavy atom. The third kappa shape index (κ3) is 3.04. The molecule has 0 unspecified atom stereocenters. The molecule has 0 aliphatic carbocycles. The summed E-state index contributed by atoms with van der Waals surface area (Å²) >= 11 is 0. The van der Waals surface area contributed by atoms with Gasteiger partial charge in [-0.1, -0.05) is 18.2 Å². The third-order valence-electron chi connectivity index (χ3n) is 3.51. The summed E-state index contributed by atoms with van der Waals surface area (Å²) in [4.78, 5) is 16.3. The average molecular weight is 288 g/mol. The minimum Gasteiger partial charge on any atom is -0.356 e. The van der Waals surface area contributed by atoms with Crippen molar-refractivity contribution in [3.63, 3.8) is 0 Å². The highest BCUT2D eigenvalue weighted by Crippen LogP contribution is 2.14. The van der Waals surface area contributed by atoms with Crippen LogP contribution in [0.5, 0.6) is 0 Å². The Bertz CT molecular complexity index is 629. The van der Waals surface area contributed by atoms with Gasteiger partial charge in [0.25, 0.3) is 5.91 Å². The van der Waals surface area contributed by atoms with Crippen molar-refractivity contribution >= 4 is 11.9 Å². The lowest BCUT2D eigenvalue weighted by atomic mass is 10.1. The monoisotopic (exact) mass is 288 g/mol. The van der Waals surface area contributed by atoms with Gasteiger partial charge in [-0.2, -0.15) is 0 Å². The zero-order chi connectivity index (χ0) is 14.7. The molecular formula is C15H17FN4O. The molecule has 0 spiro atoms. The van der Waals surface area contributed by atoms with Crippen molar-refractivity contribution in [1.29, 1.82) is 0 Å². The van der Waals surface area contributed by atoms with Gasteiger partial charge in [0.15, 0.2) is 0 Å². The number of aromatic nitrogens is 2. The molecule has 6 heteroatoms. The van der Waals surface area contributed by atoms with Gasteiger partial charge in [0.2, 0.25) is 5.95 Å². The molecule has 1 aliphatic heterocycles. The number of hydrogen-bond acceptors (Lipinski definition) is 3. The van der Waals surface area contributed by atoms with Crippen LogP contribution in [-0.4, -0.2) is 28.5 Å². The summed E-state index contributed by atoms with van der Waals surface area (Å²) in [6, 6.07) is 6.59. The molecule has 2 aromatic rings. The lowest BCUT2D eigenvalue weighted by molar-refractivity contribution is 0.0949. The van der Waals surface area contributed by atoms with E-state index in [0.29, 0.717) is 24.2 Å². The summed E-state index contributed by atoms with van der Waals surface area (Å²) < 4.78 is 15.4. The summed E-state index contributed by atoms with van der Waals surface area (Å²) in [6.45, 7) is 2.14. The number of nitrogens with zero attached hydrogens (tertiary/aromatic N) is 2. The number of carbonyl (C=O) groups is 1. The van der Waals surface area contributed by atoms with Crippen molar-refractivity contribution in [3.8, 4) is 0 Å². The van der Waals surface area contributed by atoms with E-state index in [9.17, 15) is 9.18 Å². The maximum absolute atomic E-state index is 13.5.